The minimum Gasteiger partial charge on any atom is -0.481 e. The Labute approximate surface area is 173 Å². The van der Waals surface area contributed by atoms with E-state index in [0.29, 0.717) is 44.9 Å². The van der Waals surface area contributed by atoms with Gasteiger partial charge >= 0.3 is 5.97 Å². The number of rotatable bonds is 12. The van der Waals surface area contributed by atoms with E-state index in [-0.39, 0.29) is 18.2 Å². The van der Waals surface area contributed by atoms with Crippen LogP contribution in [-0.2, 0) is 14.4 Å². The summed E-state index contributed by atoms with van der Waals surface area (Å²) in [6, 6.07) is 0.459. The van der Waals surface area contributed by atoms with Crippen LogP contribution in [0.4, 0.5) is 0 Å². The summed E-state index contributed by atoms with van der Waals surface area (Å²) < 4.78 is 0. The molecule has 0 aliphatic carbocycles. The maximum atomic E-state index is 12.3. The normalized spacial score (nSPS) is 21.2. The zero-order valence-electron chi connectivity index (χ0n) is 17.7. The van der Waals surface area contributed by atoms with Gasteiger partial charge in [-0.3, -0.25) is 24.2 Å². The second-order valence-corrected chi connectivity index (χ2v) is 8.17. The predicted molar refractivity (Wildman–Crippen MR) is 111 cm³/mol. The first kappa shape index (κ1) is 23.6. The largest absolute Gasteiger partial charge is 0.481 e. The van der Waals surface area contributed by atoms with E-state index in [1.165, 1.54) is 0 Å². The molecule has 0 aromatic rings. The van der Waals surface area contributed by atoms with Gasteiger partial charge in [0.2, 0.25) is 11.8 Å². The summed E-state index contributed by atoms with van der Waals surface area (Å²) in [4.78, 5) is 41.5. The summed E-state index contributed by atoms with van der Waals surface area (Å²) in [5.41, 5.74) is 0. The maximum Gasteiger partial charge on any atom is 0.303 e. The van der Waals surface area contributed by atoms with Crippen LogP contribution in [0.5, 0.6) is 0 Å². The molecule has 0 spiro atoms. The van der Waals surface area contributed by atoms with Gasteiger partial charge in [0, 0.05) is 64.7 Å². The number of carbonyl (C=O) groups excluding carboxylic acids is 2. The summed E-state index contributed by atoms with van der Waals surface area (Å²) in [7, 11) is 2.16. The summed E-state index contributed by atoms with van der Waals surface area (Å²) in [5, 5.41) is 14.2. The number of nitrogens with zero attached hydrogens (tertiary/aromatic N) is 3. The first-order valence-electron chi connectivity index (χ1n) is 10.8. The summed E-state index contributed by atoms with van der Waals surface area (Å²) in [6.07, 6.45) is 3.71. The van der Waals surface area contributed by atoms with E-state index in [1.54, 1.807) is 0 Å². The van der Waals surface area contributed by atoms with Gasteiger partial charge in [0.05, 0.1) is 6.54 Å². The maximum absolute atomic E-state index is 12.3. The van der Waals surface area contributed by atoms with Gasteiger partial charge in [-0.1, -0.05) is 0 Å². The SMILES string of the molecule is CN1CCN([13CH2][13CH]2[13CH2][13CH2][13CH2][15N]2[13CH2]C(=O)[15NH]CCCC(=O)[15NH]C[13CH2][13CH2][13C](=O)O)CC1. The van der Waals surface area contributed by atoms with Crippen LogP contribution in [0.25, 0.3) is 0 Å². The molecule has 166 valence electrons. The quantitative estimate of drug-likeness (QED) is 0.222. The van der Waals surface area contributed by atoms with Crippen LogP contribution >= 0.6 is 0 Å². The highest BCUT2D eigenvalue weighted by Crippen LogP contribution is 2.18. The molecule has 0 aromatic heterocycles. The number of amides is 2. The Bertz CT molecular complexity index is 537. The number of carboxylic acids is 1. The molecular weight excluding hydrogens is 386 g/mol. The molecule has 0 bridgehead atoms. The van der Waals surface area contributed by atoms with Gasteiger partial charge in [-0.25, -0.2) is 0 Å². The lowest BCUT2D eigenvalue weighted by atomic mass is 10.3. The fourth-order valence-electron chi connectivity index (χ4n) is 3.91. The highest BCUT2D eigenvalue weighted by Gasteiger charge is 2.28. The lowest BCUT2D eigenvalue weighted by Crippen LogP contribution is -2.50. The second-order valence-electron chi connectivity index (χ2n) is 8.17. The van der Waals surface area contributed by atoms with Crippen molar-refractivity contribution in [2.24, 2.45) is 0 Å². The van der Waals surface area contributed by atoms with Crippen molar-refractivity contribution in [3.63, 3.8) is 0 Å². The Morgan fingerprint density at radius 2 is 1.59 bits per heavy atom. The highest BCUT2D eigenvalue weighted by molar-refractivity contribution is 5.78. The van der Waals surface area contributed by atoms with Crippen molar-refractivity contribution in [2.45, 2.75) is 44.6 Å². The van der Waals surface area contributed by atoms with Gasteiger partial charge < -0.3 is 20.6 Å². The molecule has 9 heteroatoms. The minimum absolute atomic E-state index is 0.0251. The number of likely N-dealkylation sites (tertiary alicyclic amines) is 1. The average Bonchev–Trinajstić information content (AvgIpc) is 3.10. The van der Waals surface area contributed by atoms with Crippen molar-refractivity contribution >= 4 is 17.8 Å². The van der Waals surface area contributed by atoms with E-state index in [0.717, 1.165) is 52.1 Å². The molecule has 1 atom stereocenters. The molecule has 3 N–H and O–H groups in total. The molecule has 0 saturated carbocycles. The fraction of sp³-hybridized carbons (Fsp3) is 0.850. The Kier molecular flexibility index (Phi) is 10.4. The van der Waals surface area contributed by atoms with Gasteiger partial charge in [0.15, 0.2) is 0 Å². The number of likely N-dealkylation sites (N-methyl/N-ethyl adjacent to an activating group) is 1. The van der Waals surface area contributed by atoms with Crippen molar-refractivity contribution in [3.8, 4) is 0 Å². The number of hydrogen-bond donors (Lipinski definition) is 3. The molecule has 0 radical (unpaired) electrons. The number of aliphatic carboxylic acids is 1. The molecule has 1 unspecified atom stereocenters. The fourth-order valence-corrected chi connectivity index (χ4v) is 3.91. The third-order valence-electron chi connectivity index (χ3n) is 5.70. The second kappa shape index (κ2) is 12.8. The third-order valence-corrected chi connectivity index (χ3v) is 5.70. The van der Waals surface area contributed by atoms with E-state index >= 15 is 0 Å². The molecule has 0 aromatic carbocycles. The number of nitrogens with one attached hydrogen (secondary N) is 2. The first-order valence-corrected chi connectivity index (χ1v) is 10.8. The number of hydrogen-bond acceptors (Lipinski definition) is 6. The van der Waals surface area contributed by atoms with Crippen molar-refractivity contribution in [1.82, 2.24) is 25.3 Å². The minimum atomic E-state index is -0.856. The molecule has 2 fully saturated rings. The number of carboxylic acid groups (broad SMARTS) is 1. The summed E-state index contributed by atoms with van der Waals surface area (Å²) in [6.45, 7) is 7.74. The molecule has 2 amide bonds. The van der Waals surface area contributed by atoms with Crippen LogP contribution in [0.3, 0.4) is 0 Å². The number of carbonyl (C=O) groups is 3. The zero-order chi connectivity index (χ0) is 21.1. The van der Waals surface area contributed by atoms with Crippen LogP contribution < -0.4 is 10.6 Å². The standard InChI is InChI=1S/C20H37N5O4/c1-23-11-13-24(14-12-23)15-17-5-4-10-25(17)16-19(27)22-8-2-6-18(26)21-9-3-7-20(28)29/h17H,2-16H2,1H3,(H,21,26)(H,22,27)(H,28,29)/i3+1,4+1,5+1,7+1,10+1,15+1,16+1,17+1,20+1,21+1,22+1,25+1. The van der Waals surface area contributed by atoms with Gasteiger partial charge in [0.1, 0.15) is 0 Å². The van der Waals surface area contributed by atoms with E-state index in [1.807, 2.05) is 0 Å². The Morgan fingerprint density at radius 3 is 2.28 bits per heavy atom. The summed E-state index contributed by atoms with van der Waals surface area (Å²) >= 11 is 0. The molecule has 2 saturated heterocycles. The van der Waals surface area contributed by atoms with E-state index < -0.39 is 5.97 Å². The molecule has 9 nitrogen and oxygen atoms in total. The van der Waals surface area contributed by atoms with Crippen molar-refractivity contribution < 1.29 is 19.5 Å². The monoisotopic (exact) mass is 423 g/mol. The average molecular weight is 423 g/mol. The van der Waals surface area contributed by atoms with Gasteiger partial charge in [0.25, 0.3) is 0 Å². The third kappa shape index (κ3) is 9.56. The molecule has 2 aliphatic rings. The highest BCUT2D eigenvalue weighted by atomic mass is 16.5. The van der Waals surface area contributed by atoms with E-state index in [9.17, 15) is 14.4 Å². The zero-order valence-corrected chi connectivity index (χ0v) is 17.7. The molecule has 2 aliphatic heterocycles. The van der Waals surface area contributed by atoms with Gasteiger partial charge in [-0.15, -0.1) is 0 Å². The van der Waals surface area contributed by atoms with Crippen molar-refractivity contribution in [2.75, 3.05) is 66.0 Å². The smallest absolute Gasteiger partial charge is 0.303 e. The lowest BCUT2D eigenvalue weighted by molar-refractivity contribution is -0.137. The molecule has 2 rings (SSSR count). The topological polar surface area (TPSA) is 105 Å². The van der Waals surface area contributed by atoms with Gasteiger partial charge in [-0.05, 0) is 39.3 Å². The van der Waals surface area contributed by atoms with Crippen LogP contribution in [0.15, 0.2) is 0 Å². The van der Waals surface area contributed by atoms with Crippen LogP contribution in [0, 0.1) is 0 Å². The Morgan fingerprint density at radius 1 is 0.931 bits per heavy atom. The van der Waals surface area contributed by atoms with Crippen molar-refractivity contribution in [3.05, 3.63) is 0 Å². The first-order chi connectivity index (χ1) is 13.9. The van der Waals surface area contributed by atoms with Crippen LogP contribution in [0.2, 0.25) is 0 Å². The van der Waals surface area contributed by atoms with Gasteiger partial charge in [-0.2, -0.15) is 0 Å². The van der Waals surface area contributed by atoms with E-state index in [4.69, 9.17) is 5.11 Å². The number of piperazine rings is 1. The van der Waals surface area contributed by atoms with E-state index in [2.05, 4.69) is 32.4 Å². The predicted octanol–water partition coefficient (Wildman–Crippen LogP) is -0.424. The van der Waals surface area contributed by atoms with Crippen LogP contribution in [-0.4, -0.2) is 110 Å². The molecule has 2 heterocycles. The van der Waals surface area contributed by atoms with Crippen LogP contribution in [0.1, 0.15) is 38.5 Å². The Balaban J connectivity index is 1.55. The molecular formula is C20H37N5O4. The molecule has 29 heavy (non-hydrogen) atoms. The summed E-state index contributed by atoms with van der Waals surface area (Å²) in [5.74, 6) is -0.931. The lowest BCUT2D eigenvalue weighted by Gasteiger charge is -2.36. The van der Waals surface area contributed by atoms with Crippen molar-refractivity contribution in [1.29, 1.82) is 0 Å². The Hall–Kier alpha value is -1.71.